The first kappa shape index (κ1) is 17.9. The number of ether oxygens (including phenoxy) is 2. The number of hydrogen-bond donors (Lipinski definition) is 0. The Kier molecular flexibility index (Phi) is 5.71. The Hall–Kier alpha value is -1.91. The van der Waals surface area contributed by atoms with Crippen LogP contribution in [0.4, 0.5) is 0 Å². The molecule has 2 atom stereocenters. The quantitative estimate of drug-likeness (QED) is 0.760. The molecule has 0 amide bonds. The van der Waals surface area contributed by atoms with Crippen LogP contribution in [0.5, 0.6) is 5.75 Å². The summed E-state index contributed by atoms with van der Waals surface area (Å²) in [6.45, 7) is 8.48. The van der Waals surface area contributed by atoms with E-state index in [0.717, 1.165) is 35.0 Å². The maximum Gasteiger partial charge on any atom is 0.120 e. The average molecular weight is 356 g/mol. The lowest BCUT2D eigenvalue weighted by atomic mass is 10.1. The van der Waals surface area contributed by atoms with E-state index in [2.05, 4.69) is 49.9 Å². The summed E-state index contributed by atoms with van der Waals surface area (Å²) in [6, 6.07) is 16.5. The van der Waals surface area contributed by atoms with Crippen LogP contribution in [-0.2, 0) is 11.3 Å². The summed E-state index contributed by atoms with van der Waals surface area (Å²) in [7, 11) is 0. The summed E-state index contributed by atoms with van der Waals surface area (Å²) in [6.07, 6.45) is 0.394. The van der Waals surface area contributed by atoms with Gasteiger partial charge >= 0.3 is 0 Å². The molecule has 0 unspecified atom stereocenters. The number of thiocarbonyl (C=S) groups is 1. The van der Waals surface area contributed by atoms with Crippen molar-refractivity contribution in [1.29, 1.82) is 0 Å². The van der Waals surface area contributed by atoms with Gasteiger partial charge < -0.3 is 14.4 Å². The first-order chi connectivity index (χ1) is 12.0. The molecule has 0 aliphatic carbocycles. The molecule has 0 radical (unpaired) electrons. The van der Waals surface area contributed by atoms with Gasteiger partial charge in [0.15, 0.2) is 0 Å². The molecule has 0 spiro atoms. The van der Waals surface area contributed by atoms with Gasteiger partial charge in [0.25, 0.3) is 0 Å². The van der Waals surface area contributed by atoms with Gasteiger partial charge in [-0.25, -0.2) is 0 Å². The summed E-state index contributed by atoms with van der Waals surface area (Å²) in [5.41, 5.74) is 3.44. The molecule has 3 nitrogen and oxygen atoms in total. The second-order valence-corrected chi connectivity index (χ2v) is 7.16. The van der Waals surface area contributed by atoms with Gasteiger partial charge in [0.2, 0.25) is 0 Å². The predicted molar refractivity (Wildman–Crippen MR) is 105 cm³/mol. The van der Waals surface area contributed by atoms with E-state index >= 15 is 0 Å². The smallest absolute Gasteiger partial charge is 0.120 e. The third-order valence-corrected chi connectivity index (χ3v) is 4.81. The van der Waals surface area contributed by atoms with Crippen LogP contribution >= 0.6 is 12.2 Å². The molecule has 2 aromatic carbocycles. The molecule has 1 fully saturated rings. The van der Waals surface area contributed by atoms with Gasteiger partial charge in [-0.3, -0.25) is 0 Å². The van der Waals surface area contributed by atoms with E-state index in [1.165, 1.54) is 5.56 Å². The first-order valence-electron chi connectivity index (χ1n) is 8.74. The van der Waals surface area contributed by atoms with Crippen molar-refractivity contribution in [3.8, 4) is 5.75 Å². The van der Waals surface area contributed by atoms with Crippen molar-refractivity contribution >= 4 is 17.2 Å². The van der Waals surface area contributed by atoms with Crippen molar-refractivity contribution in [3.05, 3.63) is 65.2 Å². The Morgan fingerprint density at radius 2 is 1.80 bits per heavy atom. The third kappa shape index (κ3) is 4.80. The van der Waals surface area contributed by atoms with Gasteiger partial charge in [-0.1, -0.05) is 54.2 Å². The van der Waals surface area contributed by atoms with Crippen LogP contribution in [0.2, 0.25) is 0 Å². The zero-order valence-corrected chi connectivity index (χ0v) is 15.9. The highest BCUT2D eigenvalue weighted by Crippen LogP contribution is 2.20. The van der Waals surface area contributed by atoms with Crippen LogP contribution in [-0.4, -0.2) is 35.2 Å². The second kappa shape index (κ2) is 7.98. The van der Waals surface area contributed by atoms with E-state index in [-0.39, 0.29) is 12.2 Å². The van der Waals surface area contributed by atoms with E-state index in [9.17, 15) is 0 Å². The lowest BCUT2D eigenvalue weighted by Crippen LogP contribution is -2.47. The molecule has 132 valence electrons. The monoisotopic (exact) mass is 355 g/mol. The summed E-state index contributed by atoms with van der Waals surface area (Å²) in [5.74, 6) is 0.842. The van der Waals surface area contributed by atoms with Gasteiger partial charge in [-0.05, 0) is 38.5 Å². The van der Waals surface area contributed by atoms with E-state index in [1.807, 2.05) is 24.3 Å². The fourth-order valence-corrected chi connectivity index (χ4v) is 3.37. The molecule has 4 heteroatoms. The third-order valence-electron chi connectivity index (χ3n) is 4.31. The number of morpholine rings is 1. The van der Waals surface area contributed by atoms with Crippen molar-refractivity contribution < 1.29 is 9.47 Å². The standard InChI is InChI=1S/C21H25NO2S/c1-15-7-9-18(10-8-15)14-23-20-6-4-5-19(11-20)21(25)22-12-16(2)24-17(3)13-22/h4-11,16-17H,12-14H2,1-3H3/t16-,17+. The molecule has 1 aliphatic rings. The number of rotatable bonds is 4. The van der Waals surface area contributed by atoms with E-state index in [4.69, 9.17) is 21.7 Å². The molecule has 3 rings (SSSR count). The number of aryl methyl sites for hydroxylation is 1. The molecule has 1 saturated heterocycles. The van der Waals surface area contributed by atoms with Crippen LogP contribution < -0.4 is 4.74 Å². The topological polar surface area (TPSA) is 21.7 Å². The zero-order valence-electron chi connectivity index (χ0n) is 15.1. The number of nitrogens with zero attached hydrogens (tertiary/aromatic N) is 1. The maximum atomic E-state index is 5.95. The number of hydrogen-bond acceptors (Lipinski definition) is 3. The second-order valence-electron chi connectivity index (χ2n) is 6.77. The van der Waals surface area contributed by atoms with Gasteiger partial charge in [0.05, 0.1) is 12.2 Å². The van der Waals surface area contributed by atoms with Gasteiger partial charge in [-0.15, -0.1) is 0 Å². The van der Waals surface area contributed by atoms with Crippen molar-refractivity contribution in [2.75, 3.05) is 13.1 Å². The lowest BCUT2D eigenvalue weighted by molar-refractivity contribution is -0.0472. The number of benzene rings is 2. The maximum absolute atomic E-state index is 5.95. The van der Waals surface area contributed by atoms with Crippen LogP contribution in [0.3, 0.4) is 0 Å². The van der Waals surface area contributed by atoms with Crippen molar-refractivity contribution in [2.24, 2.45) is 0 Å². The van der Waals surface area contributed by atoms with Crippen LogP contribution in [0, 0.1) is 6.92 Å². The van der Waals surface area contributed by atoms with Gasteiger partial charge in [0.1, 0.15) is 17.3 Å². The normalized spacial score (nSPS) is 20.4. The molecular formula is C21H25NO2S. The predicted octanol–water partition coefficient (Wildman–Crippen LogP) is 4.36. The molecule has 1 aliphatic heterocycles. The average Bonchev–Trinajstić information content (AvgIpc) is 2.60. The minimum absolute atomic E-state index is 0.197. The molecule has 25 heavy (non-hydrogen) atoms. The highest BCUT2D eigenvalue weighted by Gasteiger charge is 2.24. The van der Waals surface area contributed by atoms with E-state index in [1.54, 1.807) is 0 Å². The summed E-state index contributed by atoms with van der Waals surface area (Å²) >= 11 is 5.71. The Morgan fingerprint density at radius 3 is 2.48 bits per heavy atom. The minimum Gasteiger partial charge on any atom is -0.489 e. The van der Waals surface area contributed by atoms with Crippen molar-refractivity contribution in [3.63, 3.8) is 0 Å². The fraction of sp³-hybridized carbons (Fsp3) is 0.381. The molecule has 0 saturated carbocycles. The Balaban J connectivity index is 1.66. The molecule has 0 N–H and O–H groups in total. The Bertz CT molecular complexity index is 719. The molecule has 0 bridgehead atoms. The van der Waals surface area contributed by atoms with Crippen LogP contribution in [0.1, 0.15) is 30.5 Å². The Morgan fingerprint density at radius 1 is 1.12 bits per heavy atom. The molecule has 0 aromatic heterocycles. The molecule has 1 heterocycles. The van der Waals surface area contributed by atoms with Crippen molar-refractivity contribution in [1.82, 2.24) is 4.90 Å². The fourth-order valence-electron chi connectivity index (χ4n) is 3.10. The largest absolute Gasteiger partial charge is 0.489 e. The van der Waals surface area contributed by atoms with Crippen molar-refractivity contribution in [2.45, 2.75) is 39.6 Å². The molecular weight excluding hydrogens is 330 g/mol. The molecule has 2 aromatic rings. The summed E-state index contributed by atoms with van der Waals surface area (Å²) < 4.78 is 11.7. The highest BCUT2D eigenvalue weighted by atomic mass is 32.1. The van der Waals surface area contributed by atoms with Crippen LogP contribution in [0.15, 0.2) is 48.5 Å². The van der Waals surface area contributed by atoms with E-state index in [0.29, 0.717) is 6.61 Å². The van der Waals surface area contributed by atoms with Crippen LogP contribution in [0.25, 0.3) is 0 Å². The van der Waals surface area contributed by atoms with E-state index < -0.39 is 0 Å². The highest BCUT2D eigenvalue weighted by molar-refractivity contribution is 7.80. The Labute approximate surface area is 155 Å². The van der Waals surface area contributed by atoms with Gasteiger partial charge in [0, 0.05) is 18.7 Å². The minimum atomic E-state index is 0.197. The lowest BCUT2D eigenvalue weighted by Gasteiger charge is -2.37. The zero-order chi connectivity index (χ0) is 17.8. The summed E-state index contributed by atoms with van der Waals surface area (Å²) in [5, 5.41) is 0. The first-order valence-corrected chi connectivity index (χ1v) is 9.15. The SMILES string of the molecule is Cc1ccc(COc2cccc(C(=S)N3C[C@@H](C)O[C@@H](C)C3)c2)cc1. The summed E-state index contributed by atoms with van der Waals surface area (Å²) in [4.78, 5) is 3.09. The van der Waals surface area contributed by atoms with Gasteiger partial charge in [-0.2, -0.15) is 0 Å².